The third kappa shape index (κ3) is 3.61. The fourth-order valence-corrected chi connectivity index (χ4v) is 2.66. The summed E-state index contributed by atoms with van der Waals surface area (Å²) in [5.74, 6) is 0.760. The van der Waals surface area contributed by atoms with Crippen molar-refractivity contribution in [1.29, 1.82) is 0 Å². The summed E-state index contributed by atoms with van der Waals surface area (Å²) in [5, 5.41) is 11.1. The zero-order valence-corrected chi connectivity index (χ0v) is 13.4. The average Bonchev–Trinajstić information content (AvgIpc) is 2.41. The highest BCUT2D eigenvalue weighted by molar-refractivity contribution is 14.1. The van der Waals surface area contributed by atoms with Crippen molar-refractivity contribution in [3.8, 4) is 5.75 Å². The van der Waals surface area contributed by atoms with Crippen molar-refractivity contribution in [2.75, 3.05) is 6.61 Å². The van der Waals surface area contributed by atoms with Gasteiger partial charge < -0.3 is 9.84 Å². The Balaban J connectivity index is 2.35. The van der Waals surface area contributed by atoms with E-state index in [1.54, 1.807) is 6.07 Å². The molecule has 0 aliphatic heterocycles. The van der Waals surface area contributed by atoms with E-state index < -0.39 is 6.10 Å². The molecule has 0 amide bonds. The number of ether oxygens (including phenoxy) is 1. The summed E-state index contributed by atoms with van der Waals surface area (Å²) >= 11 is 8.18. The molecule has 1 atom stereocenters. The molecular weight excluding hydrogens is 375 g/mol. The van der Waals surface area contributed by atoms with Crippen LogP contribution in [-0.2, 0) is 0 Å². The molecule has 0 radical (unpaired) electrons. The van der Waals surface area contributed by atoms with Gasteiger partial charge >= 0.3 is 0 Å². The number of aliphatic hydroxyl groups is 1. The molecule has 0 bridgehead atoms. The topological polar surface area (TPSA) is 29.5 Å². The summed E-state index contributed by atoms with van der Waals surface area (Å²) in [5.41, 5.74) is 1.60. The lowest BCUT2D eigenvalue weighted by molar-refractivity contribution is 0.218. The second-order valence-electron chi connectivity index (χ2n) is 4.07. The van der Waals surface area contributed by atoms with Gasteiger partial charge in [0, 0.05) is 8.59 Å². The van der Waals surface area contributed by atoms with Crippen LogP contribution in [0.2, 0.25) is 5.02 Å². The minimum Gasteiger partial charge on any atom is -0.494 e. The van der Waals surface area contributed by atoms with Gasteiger partial charge in [-0.15, -0.1) is 0 Å². The molecule has 1 unspecified atom stereocenters. The maximum absolute atomic E-state index is 10.5. The highest BCUT2D eigenvalue weighted by Gasteiger charge is 2.14. The van der Waals surface area contributed by atoms with Crippen LogP contribution in [0.4, 0.5) is 0 Å². The van der Waals surface area contributed by atoms with Crippen molar-refractivity contribution in [1.82, 2.24) is 0 Å². The quantitative estimate of drug-likeness (QED) is 0.786. The van der Waals surface area contributed by atoms with Gasteiger partial charge in [-0.2, -0.15) is 0 Å². The number of hydrogen-bond acceptors (Lipinski definition) is 2. The SMILES string of the molecule is CCOc1cccc(C(O)c2cc(Cl)ccc2I)c1. The normalized spacial score (nSPS) is 12.2. The lowest BCUT2D eigenvalue weighted by atomic mass is 10.0. The molecule has 19 heavy (non-hydrogen) atoms. The van der Waals surface area contributed by atoms with Gasteiger partial charge in [0.1, 0.15) is 11.9 Å². The monoisotopic (exact) mass is 388 g/mol. The highest BCUT2D eigenvalue weighted by atomic mass is 127. The van der Waals surface area contributed by atoms with Crippen LogP contribution in [0.3, 0.4) is 0 Å². The summed E-state index contributed by atoms with van der Waals surface area (Å²) in [6.07, 6.45) is -0.703. The molecule has 0 heterocycles. The Morgan fingerprint density at radius 1 is 1.26 bits per heavy atom. The molecular formula is C15H14ClIO2. The van der Waals surface area contributed by atoms with Gasteiger partial charge in [0.05, 0.1) is 6.61 Å². The molecule has 0 aliphatic carbocycles. The lowest BCUT2D eigenvalue weighted by Gasteiger charge is -2.15. The van der Waals surface area contributed by atoms with Crippen molar-refractivity contribution in [3.63, 3.8) is 0 Å². The summed E-state index contributed by atoms with van der Waals surface area (Å²) in [6, 6.07) is 13.0. The van der Waals surface area contributed by atoms with E-state index in [0.29, 0.717) is 11.6 Å². The first-order valence-corrected chi connectivity index (χ1v) is 7.43. The van der Waals surface area contributed by atoms with Crippen molar-refractivity contribution >= 4 is 34.2 Å². The second-order valence-corrected chi connectivity index (χ2v) is 5.67. The zero-order valence-electron chi connectivity index (χ0n) is 10.4. The van der Waals surface area contributed by atoms with Crippen LogP contribution in [0.5, 0.6) is 5.75 Å². The Bertz CT molecular complexity index is 572. The molecule has 0 aliphatic rings. The van der Waals surface area contributed by atoms with E-state index in [1.807, 2.05) is 43.3 Å². The first-order chi connectivity index (χ1) is 9.11. The first kappa shape index (κ1) is 14.6. The predicted octanol–water partition coefficient (Wildman–Crippen LogP) is 4.43. The maximum atomic E-state index is 10.5. The van der Waals surface area contributed by atoms with Crippen molar-refractivity contribution < 1.29 is 9.84 Å². The van der Waals surface area contributed by atoms with Crippen molar-refractivity contribution in [3.05, 3.63) is 62.2 Å². The van der Waals surface area contributed by atoms with Gasteiger partial charge in [-0.25, -0.2) is 0 Å². The van der Waals surface area contributed by atoms with Gasteiger partial charge in [0.15, 0.2) is 0 Å². The Kier molecular flexibility index (Phi) is 5.07. The van der Waals surface area contributed by atoms with E-state index in [0.717, 1.165) is 20.4 Å². The number of aliphatic hydroxyl groups excluding tert-OH is 1. The number of rotatable bonds is 4. The third-order valence-corrected chi connectivity index (χ3v) is 3.95. The molecule has 2 aromatic carbocycles. The van der Waals surface area contributed by atoms with E-state index in [2.05, 4.69) is 22.6 Å². The summed E-state index contributed by atoms with van der Waals surface area (Å²) < 4.78 is 6.43. The van der Waals surface area contributed by atoms with E-state index in [4.69, 9.17) is 16.3 Å². The molecule has 0 spiro atoms. The van der Waals surface area contributed by atoms with Crippen molar-refractivity contribution in [2.45, 2.75) is 13.0 Å². The van der Waals surface area contributed by atoms with Crippen LogP contribution in [-0.4, -0.2) is 11.7 Å². The minimum absolute atomic E-state index is 0.605. The van der Waals surface area contributed by atoms with Crippen LogP contribution in [0, 0.1) is 3.57 Å². The van der Waals surface area contributed by atoms with Crippen LogP contribution >= 0.6 is 34.2 Å². The number of benzene rings is 2. The number of halogens is 2. The van der Waals surface area contributed by atoms with Crippen LogP contribution in [0.1, 0.15) is 24.2 Å². The standard InChI is InChI=1S/C15H14ClIO2/c1-2-19-12-5-3-4-10(8-12)15(18)13-9-11(16)6-7-14(13)17/h3-9,15,18H,2H2,1H3. The minimum atomic E-state index is -0.703. The Morgan fingerprint density at radius 3 is 2.79 bits per heavy atom. The second kappa shape index (κ2) is 6.59. The highest BCUT2D eigenvalue weighted by Crippen LogP contribution is 2.30. The molecule has 1 N–H and O–H groups in total. The molecule has 0 saturated carbocycles. The van der Waals surface area contributed by atoms with Crippen LogP contribution < -0.4 is 4.74 Å². The number of hydrogen-bond donors (Lipinski definition) is 1. The molecule has 100 valence electrons. The van der Waals surface area contributed by atoms with Gasteiger partial charge in [0.2, 0.25) is 0 Å². The molecule has 2 rings (SSSR count). The van der Waals surface area contributed by atoms with Gasteiger partial charge in [0.25, 0.3) is 0 Å². The van der Waals surface area contributed by atoms with Crippen LogP contribution in [0.15, 0.2) is 42.5 Å². The molecule has 4 heteroatoms. The Labute approximate surface area is 131 Å². The molecule has 0 saturated heterocycles. The largest absolute Gasteiger partial charge is 0.494 e. The molecule has 0 aromatic heterocycles. The third-order valence-electron chi connectivity index (χ3n) is 2.74. The molecule has 0 fully saturated rings. The summed E-state index contributed by atoms with van der Waals surface area (Å²) in [4.78, 5) is 0. The fourth-order valence-electron chi connectivity index (χ4n) is 1.84. The van der Waals surface area contributed by atoms with E-state index in [-0.39, 0.29) is 0 Å². The summed E-state index contributed by atoms with van der Waals surface area (Å²) in [7, 11) is 0. The van der Waals surface area contributed by atoms with E-state index in [9.17, 15) is 5.11 Å². The van der Waals surface area contributed by atoms with Crippen LogP contribution in [0.25, 0.3) is 0 Å². The van der Waals surface area contributed by atoms with Crippen molar-refractivity contribution in [2.24, 2.45) is 0 Å². The fraction of sp³-hybridized carbons (Fsp3) is 0.200. The zero-order chi connectivity index (χ0) is 13.8. The van der Waals surface area contributed by atoms with E-state index in [1.165, 1.54) is 0 Å². The Morgan fingerprint density at radius 2 is 2.05 bits per heavy atom. The maximum Gasteiger partial charge on any atom is 0.119 e. The summed E-state index contributed by atoms with van der Waals surface area (Å²) in [6.45, 7) is 2.54. The molecule has 2 nitrogen and oxygen atoms in total. The first-order valence-electron chi connectivity index (χ1n) is 5.97. The Hall–Kier alpha value is -0.780. The predicted molar refractivity (Wildman–Crippen MR) is 85.8 cm³/mol. The lowest BCUT2D eigenvalue weighted by Crippen LogP contribution is -2.03. The molecule has 2 aromatic rings. The average molecular weight is 389 g/mol. The van der Waals surface area contributed by atoms with Gasteiger partial charge in [-0.3, -0.25) is 0 Å². The van der Waals surface area contributed by atoms with Gasteiger partial charge in [-0.1, -0.05) is 23.7 Å². The van der Waals surface area contributed by atoms with E-state index >= 15 is 0 Å². The van der Waals surface area contributed by atoms with Gasteiger partial charge in [-0.05, 0) is 71.0 Å². The smallest absolute Gasteiger partial charge is 0.119 e.